The number of nitrogens with zero attached hydrogens (tertiary/aromatic N) is 3. The highest BCUT2D eigenvalue weighted by molar-refractivity contribution is 5.94. The molecule has 118 valence electrons. The smallest absolute Gasteiger partial charge is 0.230 e. The van der Waals surface area contributed by atoms with Gasteiger partial charge in [-0.05, 0) is 37.8 Å². The number of hydrogen-bond donors (Lipinski definition) is 1. The van der Waals surface area contributed by atoms with Crippen LogP contribution in [0.2, 0.25) is 0 Å². The molecule has 3 aliphatic rings. The lowest BCUT2D eigenvalue weighted by molar-refractivity contribution is 0.154. The third kappa shape index (κ3) is 2.03. The molecule has 2 saturated heterocycles. The third-order valence-electron chi connectivity index (χ3n) is 5.56. The van der Waals surface area contributed by atoms with Crippen LogP contribution in [-0.2, 0) is 7.05 Å². The molecule has 0 unspecified atom stereocenters. The molecule has 1 aliphatic carbocycles. The maximum Gasteiger partial charge on any atom is 0.230 e. The first-order valence-corrected chi connectivity index (χ1v) is 8.41. The van der Waals surface area contributed by atoms with E-state index in [4.69, 9.17) is 9.51 Å². The molecule has 5 heteroatoms. The second-order valence-electron chi connectivity index (χ2n) is 6.91. The Morgan fingerprint density at radius 1 is 1.26 bits per heavy atom. The fourth-order valence-corrected chi connectivity index (χ4v) is 4.30. The van der Waals surface area contributed by atoms with E-state index >= 15 is 0 Å². The number of hydrogen-bond acceptors (Lipinski definition) is 4. The van der Waals surface area contributed by atoms with Crippen LogP contribution >= 0.6 is 0 Å². The van der Waals surface area contributed by atoms with Gasteiger partial charge in [0, 0.05) is 41.7 Å². The van der Waals surface area contributed by atoms with Gasteiger partial charge in [0.15, 0.2) is 0 Å². The number of nitrogens with one attached hydrogen (secondary N) is 1. The number of para-hydroxylation sites is 1. The SMILES string of the molecule is Cn1cc(-c2noc([C@@H]3C[C@H]4CC[C@H]3CN4)n2)c2ccccc21. The van der Waals surface area contributed by atoms with E-state index in [1.165, 1.54) is 23.7 Å². The summed E-state index contributed by atoms with van der Waals surface area (Å²) >= 11 is 0. The standard InChI is InChI=1S/C18H20N4O/c1-22-10-15(13-4-2-3-5-16(13)22)17-20-18(23-21-17)14-8-12-7-6-11(14)9-19-12/h2-5,10-12,14,19H,6-9H2,1H3/t11-,12+,14+/m0/s1. The molecule has 4 heterocycles. The van der Waals surface area contributed by atoms with Gasteiger partial charge < -0.3 is 14.4 Å². The molecule has 0 spiro atoms. The average Bonchev–Trinajstić information content (AvgIpc) is 3.21. The second kappa shape index (κ2) is 4.93. The van der Waals surface area contributed by atoms with Gasteiger partial charge in [-0.3, -0.25) is 0 Å². The molecular weight excluding hydrogens is 288 g/mol. The molecule has 2 bridgehead atoms. The zero-order valence-electron chi connectivity index (χ0n) is 13.2. The summed E-state index contributed by atoms with van der Waals surface area (Å²) in [5.41, 5.74) is 2.24. The Bertz CT molecular complexity index is 857. The van der Waals surface area contributed by atoms with Gasteiger partial charge in [0.2, 0.25) is 11.7 Å². The molecule has 1 N–H and O–H groups in total. The molecule has 0 radical (unpaired) electrons. The van der Waals surface area contributed by atoms with Crippen LogP contribution in [0.5, 0.6) is 0 Å². The van der Waals surface area contributed by atoms with Crippen LogP contribution in [0.4, 0.5) is 0 Å². The molecule has 1 aromatic carbocycles. The quantitative estimate of drug-likeness (QED) is 0.790. The predicted molar refractivity (Wildman–Crippen MR) is 88.1 cm³/mol. The second-order valence-corrected chi connectivity index (χ2v) is 6.91. The van der Waals surface area contributed by atoms with E-state index in [1.54, 1.807) is 0 Å². The van der Waals surface area contributed by atoms with E-state index in [-0.39, 0.29) is 0 Å². The lowest BCUT2D eigenvalue weighted by atomic mass is 9.73. The summed E-state index contributed by atoms with van der Waals surface area (Å²) in [6, 6.07) is 8.97. The number of benzene rings is 1. The van der Waals surface area contributed by atoms with Crippen molar-refractivity contribution < 1.29 is 4.52 Å². The monoisotopic (exact) mass is 308 g/mol. The molecule has 6 rings (SSSR count). The minimum Gasteiger partial charge on any atom is -0.350 e. The number of piperidine rings is 2. The summed E-state index contributed by atoms with van der Waals surface area (Å²) in [7, 11) is 2.05. The van der Waals surface area contributed by atoms with Crippen LogP contribution in [0.3, 0.4) is 0 Å². The van der Waals surface area contributed by atoms with Gasteiger partial charge in [0.05, 0.1) is 0 Å². The van der Waals surface area contributed by atoms with Crippen molar-refractivity contribution in [3.8, 4) is 11.4 Å². The first-order chi connectivity index (χ1) is 11.3. The zero-order valence-corrected chi connectivity index (χ0v) is 13.2. The molecule has 3 fully saturated rings. The molecule has 23 heavy (non-hydrogen) atoms. The van der Waals surface area contributed by atoms with Crippen molar-refractivity contribution in [3.05, 3.63) is 36.4 Å². The molecule has 2 aliphatic heterocycles. The summed E-state index contributed by atoms with van der Waals surface area (Å²) in [5.74, 6) is 2.60. The third-order valence-corrected chi connectivity index (χ3v) is 5.56. The maximum atomic E-state index is 5.67. The average molecular weight is 308 g/mol. The topological polar surface area (TPSA) is 55.9 Å². The summed E-state index contributed by atoms with van der Waals surface area (Å²) in [4.78, 5) is 4.77. The van der Waals surface area contributed by atoms with Gasteiger partial charge in [-0.15, -0.1) is 0 Å². The van der Waals surface area contributed by atoms with Gasteiger partial charge in [-0.1, -0.05) is 23.4 Å². The minimum atomic E-state index is 0.422. The van der Waals surface area contributed by atoms with E-state index in [0.717, 1.165) is 24.4 Å². The zero-order chi connectivity index (χ0) is 15.4. The van der Waals surface area contributed by atoms with Crippen LogP contribution < -0.4 is 5.32 Å². The molecule has 1 saturated carbocycles. The Hall–Kier alpha value is -2.14. The van der Waals surface area contributed by atoms with Crippen molar-refractivity contribution in [2.24, 2.45) is 13.0 Å². The van der Waals surface area contributed by atoms with Crippen molar-refractivity contribution in [2.45, 2.75) is 31.2 Å². The Kier molecular flexibility index (Phi) is 2.85. The highest BCUT2D eigenvalue weighted by atomic mass is 16.5. The van der Waals surface area contributed by atoms with E-state index in [1.807, 2.05) is 0 Å². The van der Waals surface area contributed by atoms with Gasteiger partial charge in [-0.25, -0.2) is 0 Å². The number of fused-ring (bicyclic) bond motifs is 4. The summed E-state index contributed by atoms with van der Waals surface area (Å²) < 4.78 is 7.79. The van der Waals surface area contributed by atoms with Gasteiger partial charge in [-0.2, -0.15) is 4.98 Å². The Labute approximate surface area is 134 Å². The van der Waals surface area contributed by atoms with Gasteiger partial charge in [0.25, 0.3) is 0 Å². The fourth-order valence-electron chi connectivity index (χ4n) is 4.30. The number of aromatic nitrogens is 3. The highest BCUT2D eigenvalue weighted by Crippen LogP contribution is 2.41. The lowest BCUT2D eigenvalue weighted by Crippen LogP contribution is -2.48. The Morgan fingerprint density at radius 2 is 2.17 bits per heavy atom. The Balaban J connectivity index is 1.54. The predicted octanol–water partition coefficient (Wildman–Crippen LogP) is 3.08. The van der Waals surface area contributed by atoms with Gasteiger partial charge >= 0.3 is 0 Å². The molecule has 0 amide bonds. The van der Waals surface area contributed by atoms with Crippen LogP contribution in [0.1, 0.15) is 31.1 Å². The largest absolute Gasteiger partial charge is 0.350 e. The minimum absolute atomic E-state index is 0.422. The van der Waals surface area contributed by atoms with Crippen LogP contribution in [0, 0.1) is 5.92 Å². The fraction of sp³-hybridized carbons (Fsp3) is 0.444. The van der Waals surface area contributed by atoms with E-state index in [9.17, 15) is 0 Å². The summed E-state index contributed by atoms with van der Waals surface area (Å²) in [6.07, 6.45) is 5.77. The summed E-state index contributed by atoms with van der Waals surface area (Å²) in [6.45, 7) is 1.08. The van der Waals surface area contributed by atoms with E-state index < -0.39 is 0 Å². The van der Waals surface area contributed by atoms with Crippen LogP contribution in [0.15, 0.2) is 35.0 Å². The maximum absolute atomic E-state index is 5.67. The van der Waals surface area contributed by atoms with Crippen molar-refractivity contribution in [1.29, 1.82) is 0 Å². The lowest BCUT2D eigenvalue weighted by Gasteiger charge is -2.41. The molecule has 2 aromatic heterocycles. The van der Waals surface area contributed by atoms with Crippen molar-refractivity contribution in [2.75, 3.05) is 6.54 Å². The van der Waals surface area contributed by atoms with Crippen LogP contribution in [-0.4, -0.2) is 27.3 Å². The van der Waals surface area contributed by atoms with Gasteiger partial charge in [0.1, 0.15) is 0 Å². The van der Waals surface area contributed by atoms with Crippen molar-refractivity contribution >= 4 is 10.9 Å². The summed E-state index contributed by atoms with van der Waals surface area (Å²) in [5, 5.41) is 9.06. The van der Waals surface area contributed by atoms with E-state index in [0.29, 0.717) is 23.7 Å². The normalized spacial score (nSPS) is 26.9. The Morgan fingerprint density at radius 3 is 2.96 bits per heavy atom. The number of rotatable bonds is 2. The molecule has 5 nitrogen and oxygen atoms in total. The molecular formula is C18H20N4O. The first-order valence-electron chi connectivity index (χ1n) is 8.41. The molecule has 3 atom stereocenters. The molecule has 3 aromatic rings. The van der Waals surface area contributed by atoms with Crippen molar-refractivity contribution in [3.63, 3.8) is 0 Å². The van der Waals surface area contributed by atoms with Crippen molar-refractivity contribution in [1.82, 2.24) is 20.0 Å². The first kappa shape index (κ1) is 13.3. The number of aryl methyl sites for hydroxylation is 1. The van der Waals surface area contributed by atoms with E-state index in [2.05, 4.69) is 52.6 Å². The highest BCUT2D eigenvalue weighted by Gasteiger charge is 2.39. The van der Waals surface area contributed by atoms with Crippen LogP contribution in [0.25, 0.3) is 22.3 Å².